The molecule has 132 valence electrons. The zero-order valence-electron chi connectivity index (χ0n) is 14.2. The number of rotatable bonds is 3. The van der Waals surface area contributed by atoms with E-state index in [-0.39, 0.29) is 22.5 Å². The van der Waals surface area contributed by atoms with Crippen molar-refractivity contribution in [2.75, 3.05) is 12.8 Å². The first kappa shape index (κ1) is 18.1. The number of nitrogens with two attached hydrogens (primary N) is 1. The van der Waals surface area contributed by atoms with Gasteiger partial charge in [0.15, 0.2) is 0 Å². The van der Waals surface area contributed by atoms with Crippen molar-refractivity contribution in [1.82, 2.24) is 4.57 Å². The smallest absolute Gasteiger partial charge is 0.275 e. The lowest BCUT2D eigenvalue weighted by atomic mass is 9.96. The van der Waals surface area contributed by atoms with E-state index in [4.69, 9.17) is 22.1 Å². The number of nitrogens with zero attached hydrogens (tertiary/aromatic N) is 3. The molecule has 0 radical (unpaired) electrons. The largest absolute Gasteiger partial charge is 0.497 e. The zero-order chi connectivity index (χ0) is 19.6. The third kappa shape index (κ3) is 3.10. The third-order valence-electron chi connectivity index (χ3n) is 4.10. The Bertz CT molecular complexity index is 1150. The summed E-state index contributed by atoms with van der Waals surface area (Å²) < 4.78 is 6.26. The highest BCUT2D eigenvalue weighted by Crippen LogP contribution is 2.31. The van der Waals surface area contributed by atoms with Gasteiger partial charge in [-0.2, -0.15) is 10.5 Å². The number of pyridine rings is 1. The molecular weight excluding hydrogens is 364 g/mol. The predicted octanol–water partition coefficient (Wildman–Crippen LogP) is 3.49. The molecule has 0 amide bonds. The minimum atomic E-state index is -0.607. The quantitative estimate of drug-likeness (QED) is 0.753. The van der Waals surface area contributed by atoms with Crippen LogP contribution in [0.3, 0.4) is 0 Å². The summed E-state index contributed by atoms with van der Waals surface area (Å²) in [6.45, 7) is 0. The molecule has 0 bridgehead atoms. The van der Waals surface area contributed by atoms with Crippen molar-refractivity contribution in [1.29, 1.82) is 10.5 Å². The van der Waals surface area contributed by atoms with Crippen molar-refractivity contribution in [3.63, 3.8) is 0 Å². The van der Waals surface area contributed by atoms with E-state index >= 15 is 0 Å². The lowest BCUT2D eigenvalue weighted by Gasteiger charge is -2.16. The minimum Gasteiger partial charge on any atom is -0.497 e. The van der Waals surface area contributed by atoms with E-state index in [1.54, 1.807) is 48.5 Å². The van der Waals surface area contributed by atoms with E-state index in [1.807, 2.05) is 12.1 Å². The Hall–Kier alpha value is -3.74. The minimum absolute atomic E-state index is 0.0448. The zero-order valence-corrected chi connectivity index (χ0v) is 15.0. The third-order valence-corrected chi connectivity index (χ3v) is 4.35. The molecule has 1 aromatic heterocycles. The van der Waals surface area contributed by atoms with Gasteiger partial charge in [-0.1, -0.05) is 23.7 Å². The summed E-state index contributed by atoms with van der Waals surface area (Å²) in [6, 6.07) is 17.0. The second-order valence-corrected chi connectivity index (χ2v) is 6.02. The molecule has 0 atom stereocenters. The van der Waals surface area contributed by atoms with Crippen LogP contribution in [0.5, 0.6) is 5.75 Å². The summed E-state index contributed by atoms with van der Waals surface area (Å²) in [4.78, 5) is 13.0. The first-order chi connectivity index (χ1) is 13.0. The van der Waals surface area contributed by atoms with Gasteiger partial charge in [0.05, 0.1) is 12.8 Å². The molecule has 0 saturated heterocycles. The summed E-state index contributed by atoms with van der Waals surface area (Å²) in [6.07, 6.45) is 0. The molecule has 0 saturated carbocycles. The van der Waals surface area contributed by atoms with Crippen molar-refractivity contribution >= 4 is 17.4 Å². The molecule has 3 rings (SSSR count). The van der Waals surface area contributed by atoms with Crippen LogP contribution in [-0.2, 0) is 0 Å². The Balaban J connectivity index is 2.36. The molecule has 0 fully saturated rings. The van der Waals surface area contributed by atoms with E-state index in [2.05, 4.69) is 0 Å². The Morgan fingerprint density at radius 1 is 1.00 bits per heavy atom. The number of anilines is 1. The van der Waals surface area contributed by atoms with Gasteiger partial charge in [0.25, 0.3) is 5.56 Å². The van der Waals surface area contributed by atoms with Crippen molar-refractivity contribution in [3.05, 3.63) is 75.0 Å². The van der Waals surface area contributed by atoms with Crippen LogP contribution in [0.25, 0.3) is 16.8 Å². The Morgan fingerprint density at radius 2 is 1.59 bits per heavy atom. The van der Waals surface area contributed by atoms with Gasteiger partial charge in [0.2, 0.25) is 0 Å². The fourth-order valence-corrected chi connectivity index (χ4v) is 2.93. The average molecular weight is 377 g/mol. The van der Waals surface area contributed by atoms with Gasteiger partial charge in [-0.15, -0.1) is 0 Å². The number of nitriles is 2. The molecule has 27 heavy (non-hydrogen) atoms. The van der Waals surface area contributed by atoms with Crippen molar-refractivity contribution in [2.45, 2.75) is 0 Å². The maximum atomic E-state index is 13.0. The number of nitrogen functional groups attached to an aromatic ring is 1. The number of hydrogen-bond donors (Lipinski definition) is 1. The number of aromatic nitrogens is 1. The van der Waals surface area contributed by atoms with E-state index in [0.29, 0.717) is 22.0 Å². The summed E-state index contributed by atoms with van der Waals surface area (Å²) in [5.41, 5.74) is 6.57. The number of hydrogen-bond acceptors (Lipinski definition) is 5. The van der Waals surface area contributed by atoms with Crippen LogP contribution >= 0.6 is 11.6 Å². The maximum absolute atomic E-state index is 13.0. The summed E-state index contributed by atoms with van der Waals surface area (Å²) in [5, 5.41) is 19.8. The second-order valence-electron chi connectivity index (χ2n) is 5.58. The normalized spacial score (nSPS) is 10.1. The molecule has 0 unspecified atom stereocenters. The molecule has 0 aliphatic heterocycles. The lowest BCUT2D eigenvalue weighted by Crippen LogP contribution is -2.26. The van der Waals surface area contributed by atoms with Crippen LogP contribution in [0.4, 0.5) is 5.82 Å². The lowest BCUT2D eigenvalue weighted by molar-refractivity contribution is 0.414. The standard InChI is InChI=1S/C20H13ClN4O2/c1-27-15-8-6-14(7-9-15)25-19(24)16(10-22)18(17(11-23)20(25)26)12-2-4-13(21)5-3-12/h2-9H,24H2,1H3. The van der Waals surface area contributed by atoms with Crippen LogP contribution in [0.15, 0.2) is 53.3 Å². The topological polar surface area (TPSA) is 105 Å². The number of halogens is 1. The van der Waals surface area contributed by atoms with Crippen LogP contribution in [0.1, 0.15) is 11.1 Å². The Morgan fingerprint density at radius 3 is 2.11 bits per heavy atom. The molecule has 0 aliphatic carbocycles. The van der Waals surface area contributed by atoms with Crippen LogP contribution in [0, 0.1) is 22.7 Å². The molecular formula is C20H13ClN4O2. The van der Waals surface area contributed by atoms with Gasteiger partial charge >= 0.3 is 0 Å². The van der Waals surface area contributed by atoms with E-state index in [9.17, 15) is 15.3 Å². The van der Waals surface area contributed by atoms with Crippen LogP contribution in [-0.4, -0.2) is 11.7 Å². The molecule has 0 spiro atoms. The van der Waals surface area contributed by atoms with Gasteiger partial charge < -0.3 is 10.5 Å². The highest BCUT2D eigenvalue weighted by atomic mass is 35.5. The van der Waals surface area contributed by atoms with Crippen molar-refractivity contribution in [2.24, 2.45) is 0 Å². The second kappa shape index (κ2) is 7.25. The van der Waals surface area contributed by atoms with Crippen LogP contribution in [0.2, 0.25) is 5.02 Å². The highest BCUT2D eigenvalue weighted by molar-refractivity contribution is 6.30. The van der Waals surface area contributed by atoms with Gasteiger partial charge in [-0.05, 0) is 42.0 Å². The Kier molecular flexibility index (Phi) is 4.85. The van der Waals surface area contributed by atoms with E-state index in [1.165, 1.54) is 7.11 Å². The molecule has 6 nitrogen and oxygen atoms in total. The summed E-state index contributed by atoms with van der Waals surface area (Å²) in [7, 11) is 1.53. The monoisotopic (exact) mass is 376 g/mol. The fraction of sp³-hybridized carbons (Fsp3) is 0.0500. The maximum Gasteiger partial charge on any atom is 0.275 e. The molecule has 3 aromatic rings. The molecule has 1 heterocycles. The SMILES string of the molecule is COc1ccc(-n2c(N)c(C#N)c(-c3ccc(Cl)cc3)c(C#N)c2=O)cc1. The predicted molar refractivity (Wildman–Crippen MR) is 103 cm³/mol. The Labute approximate surface area is 160 Å². The van der Waals surface area contributed by atoms with Gasteiger partial charge in [-0.25, -0.2) is 0 Å². The molecule has 0 aliphatic rings. The number of ether oxygens (including phenoxy) is 1. The van der Waals surface area contributed by atoms with Gasteiger partial charge in [-0.3, -0.25) is 9.36 Å². The average Bonchev–Trinajstić information content (AvgIpc) is 2.69. The van der Waals surface area contributed by atoms with Gasteiger partial charge in [0.1, 0.15) is 34.8 Å². The first-order valence-corrected chi connectivity index (χ1v) is 8.18. The molecule has 2 aromatic carbocycles. The van der Waals surface area contributed by atoms with Crippen molar-refractivity contribution in [3.8, 4) is 34.7 Å². The summed E-state index contributed by atoms with van der Waals surface area (Å²) in [5.74, 6) is 0.556. The van der Waals surface area contributed by atoms with Gasteiger partial charge in [0, 0.05) is 10.6 Å². The number of methoxy groups -OCH3 is 1. The van der Waals surface area contributed by atoms with Crippen molar-refractivity contribution < 1.29 is 4.74 Å². The highest BCUT2D eigenvalue weighted by Gasteiger charge is 2.22. The number of benzene rings is 2. The first-order valence-electron chi connectivity index (χ1n) is 7.80. The summed E-state index contributed by atoms with van der Waals surface area (Å²) >= 11 is 5.91. The van der Waals surface area contributed by atoms with Crippen LogP contribution < -0.4 is 16.0 Å². The molecule has 7 heteroatoms. The fourth-order valence-electron chi connectivity index (χ4n) is 2.80. The molecule has 2 N–H and O–H groups in total. The van der Waals surface area contributed by atoms with E-state index < -0.39 is 5.56 Å². The van der Waals surface area contributed by atoms with E-state index in [0.717, 1.165) is 4.57 Å².